The average Bonchev–Trinajstić information content (AvgIpc) is 2.09. The molecule has 0 saturated carbocycles. The second-order valence-corrected chi connectivity index (χ2v) is 3.89. The lowest BCUT2D eigenvalue weighted by molar-refractivity contribution is 1.20. The van der Waals surface area contributed by atoms with Crippen LogP contribution in [0.5, 0.6) is 0 Å². The van der Waals surface area contributed by atoms with E-state index in [0.29, 0.717) is 20.8 Å². The average molecular weight is 253 g/mol. The van der Waals surface area contributed by atoms with Crippen LogP contribution in [0.4, 0.5) is 5.69 Å². The van der Waals surface area contributed by atoms with E-state index in [9.17, 15) is 0 Å². The van der Waals surface area contributed by atoms with E-state index < -0.39 is 0 Å². The van der Waals surface area contributed by atoms with Gasteiger partial charge in [0.2, 0.25) is 0 Å². The molecule has 76 valence electrons. The maximum Gasteiger partial charge on any atom is 0.192 e. The molecule has 0 atom stereocenters. The van der Waals surface area contributed by atoms with E-state index in [1.54, 1.807) is 13.1 Å². The standard InChI is InChI=1S/C8H8Cl3N3/c1-14(8(12)13)6-3-4(9)2-5(10)7(6)11/h2-3H,1H3,(H3,12,13). The topological polar surface area (TPSA) is 53.1 Å². The number of nitrogens with two attached hydrogens (primary N) is 1. The number of halogens is 3. The molecule has 1 aromatic carbocycles. The molecule has 0 heterocycles. The number of nitrogens with zero attached hydrogens (tertiary/aromatic N) is 1. The highest BCUT2D eigenvalue weighted by atomic mass is 35.5. The van der Waals surface area contributed by atoms with Crippen LogP contribution in [-0.2, 0) is 0 Å². The molecular weight excluding hydrogens is 244 g/mol. The van der Waals surface area contributed by atoms with Crippen LogP contribution in [0.15, 0.2) is 12.1 Å². The van der Waals surface area contributed by atoms with Crippen molar-refractivity contribution >= 4 is 46.4 Å². The van der Waals surface area contributed by atoms with Crippen LogP contribution in [-0.4, -0.2) is 13.0 Å². The molecule has 14 heavy (non-hydrogen) atoms. The minimum absolute atomic E-state index is 0.134. The van der Waals surface area contributed by atoms with Gasteiger partial charge < -0.3 is 10.6 Å². The Morgan fingerprint density at radius 1 is 1.36 bits per heavy atom. The van der Waals surface area contributed by atoms with Crippen molar-refractivity contribution in [1.29, 1.82) is 5.41 Å². The molecule has 0 aromatic heterocycles. The van der Waals surface area contributed by atoms with Crippen molar-refractivity contribution in [3.8, 4) is 0 Å². The minimum Gasteiger partial charge on any atom is -0.370 e. The summed E-state index contributed by atoms with van der Waals surface area (Å²) in [6, 6.07) is 3.13. The fourth-order valence-electron chi connectivity index (χ4n) is 0.916. The third kappa shape index (κ3) is 2.23. The fourth-order valence-corrected chi connectivity index (χ4v) is 1.63. The first-order chi connectivity index (χ1) is 6.43. The maximum absolute atomic E-state index is 7.23. The van der Waals surface area contributed by atoms with Crippen LogP contribution in [0.3, 0.4) is 0 Å². The highest BCUT2D eigenvalue weighted by Gasteiger charge is 2.12. The number of anilines is 1. The summed E-state index contributed by atoms with van der Waals surface area (Å²) in [7, 11) is 1.61. The molecule has 0 saturated heterocycles. The zero-order chi connectivity index (χ0) is 10.9. The molecule has 0 unspecified atom stereocenters. The summed E-state index contributed by atoms with van der Waals surface area (Å²) in [5.74, 6) is -0.134. The first-order valence-electron chi connectivity index (χ1n) is 3.65. The third-order valence-corrected chi connectivity index (χ3v) is 2.71. The van der Waals surface area contributed by atoms with Gasteiger partial charge in [0.1, 0.15) is 0 Å². The second kappa shape index (κ2) is 4.26. The van der Waals surface area contributed by atoms with E-state index in [0.717, 1.165) is 0 Å². The Kier molecular flexibility index (Phi) is 3.48. The molecule has 1 aromatic rings. The summed E-state index contributed by atoms with van der Waals surface area (Å²) in [4.78, 5) is 1.39. The molecule has 0 fully saturated rings. The Bertz CT molecular complexity index is 378. The molecule has 1 rings (SSSR count). The van der Waals surface area contributed by atoms with Crippen molar-refractivity contribution in [2.45, 2.75) is 0 Å². The van der Waals surface area contributed by atoms with Crippen molar-refractivity contribution in [3.05, 3.63) is 27.2 Å². The van der Waals surface area contributed by atoms with Gasteiger partial charge in [-0.25, -0.2) is 0 Å². The lowest BCUT2D eigenvalue weighted by atomic mass is 10.3. The van der Waals surface area contributed by atoms with Gasteiger partial charge in [0.25, 0.3) is 0 Å². The first kappa shape index (κ1) is 11.4. The van der Waals surface area contributed by atoms with Gasteiger partial charge in [0, 0.05) is 12.1 Å². The predicted octanol–water partition coefficient (Wildman–Crippen LogP) is 2.98. The smallest absolute Gasteiger partial charge is 0.192 e. The van der Waals surface area contributed by atoms with Gasteiger partial charge in [-0.15, -0.1) is 0 Å². The number of hydrogen-bond donors (Lipinski definition) is 2. The van der Waals surface area contributed by atoms with Crippen LogP contribution in [0.1, 0.15) is 0 Å². The van der Waals surface area contributed by atoms with Crippen molar-refractivity contribution in [1.82, 2.24) is 0 Å². The summed E-state index contributed by atoms with van der Waals surface area (Å²) < 4.78 is 0. The fraction of sp³-hybridized carbons (Fsp3) is 0.125. The Balaban J connectivity index is 3.26. The van der Waals surface area contributed by atoms with Crippen LogP contribution >= 0.6 is 34.8 Å². The Labute approximate surface area is 96.9 Å². The molecule has 3 nitrogen and oxygen atoms in total. The minimum atomic E-state index is -0.134. The zero-order valence-electron chi connectivity index (χ0n) is 7.31. The van der Waals surface area contributed by atoms with Crippen molar-refractivity contribution < 1.29 is 0 Å². The molecule has 0 bridgehead atoms. The largest absolute Gasteiger partial charge is 0.370 e. The van der Waals surface area contributed by atoms with Gasteiger partial charge in [0.15, 0.2) is 5.96 Å². The highest BCUT2D eigenvalue weighted by Crippen LogP contribution is 2.35. The van der Waals surface area contributed by atoms with Gasteiger partial charge in [-0.05, 0) is 12.1 Å². The maximum atomic E-state index is 7.23. The van der Waals surface area contributed by atoms with Gasteiger partial charge in [-0.3, -0.25) is 5.41 Å². The summed E-state index contributed by atoms with van der Waals surface area (Å²) in [5, 5.41) is 8.34. The lowest BCUT2D eigenvalue weighted by Crippen LogP contribution is -2.32. The second-order valence-electron chi connectivity index (χ2n) is 2.66. The molecule has 6 heteroatoms. The number of benzene rings is 1. The molecule has 3 N–H and O–H groups in total. The molecule has 0 aliphatic rings. The van der Waals surface area contributed by atoms with E-state index in [1.165, 1.54) is 11.0 Å². The van der Waals surface area contributed by atoms with Crippen molar-refractivity contribution in [2.75, 3.05) is 11.9 Å². The highest BCUT2D eigenvalue weighted by molar-refractivity contribution is 6.45. The summed E-state index contributed by atoms with van der Waals surface area (Å²) >= 11 is 17.5. The van der Waals surface area contributed by atoms with Gasteiger partial charge in [-0.1, -0.05) is 34.8 Å². The molecule has 0 spiro atoms. The molecular formula is C8H8Cl3N3. The van der Waals surface area contributed by atoms with E-state index in [-0.39, 0.29) is 5.96 Å². The van der Waals surface area contributed by atoms with Gasteiger partial charge >= 0.3 is 0 Å². The Morgan fingerprint density at radius 2 is 1.93 bits per heavy atom. The van der Waals surface area contributed by atoms with E-state index in [1.807, 2.05) is 0 Å². The SMILES string of the molecule is CN(C(=N)N)c1cc(Cl)cc(Cl)c1Cl. The van der Waals surface area contributed by atoms with Crippen LogP contribution < -0.4 is 10.6 Å². The van der Waals surface area contributed by atoms with Gasteiger partial charge in [-0.2, -0.15) is 0 Å². The first-order valence-corrected chi connectivity index (χ1v) is 4.79. The molecule has 0 radical (unpaired) electrons. The van der Waals surface area contributed by atoms with Crippen LogP contribution in [0.25, 0.3) is 0 Å². The van der Waals surface area contributed by atoms with Crippen LogP contribution in [0, 0.1) is 5.41 Å². The van der Waals surface area contributed by atoms with E-state index in [2.05, 4.69) is 0 Å². The predicted molar refractivity (Wildman–Crippen MR) is 61.8 cm³/mol. The number of hydrogen-bond acceptors (Lipinski definition) is 1. The zero-order valence-corrected chi connectivity index (χ0v) is 9.58. The van der Waals surface area contributed by atoms with Crippen LogP contribution in [0.2, 0.25) is 15.1 Å². The number of guanidine groups is 1. The van der Waals surface area contributed by atoms with Crippen molar-refractivity contribution in [3.63, 3.8) is 0 Å². The monoisotopic (exact) mass is 251 g/mol. The molecule has 0 amide bonds. The quantitative estimate of drug-likeness (QED) is 0.459. The van der Waals surface area contributed by atoms with Gasteiger partial charge in [0.05, 0.1) is 15.7 Å². The molecule has 0 aliphatic heterocycles. The number of nitrogens with one attached hydrogen (secondary N) is 1. The summed E-state index contributed by atoms with van der Waals surface area (Å²) in [6.45, 7) is 0. The third-order valence-electron chi connectivity index (χ3n) is 1.70. The Morgan fingerprint density at radius 3 is 2.43 bits per heavy atom. The molecule has 0 aliphatic carbocycles. The van der Waals surface area contributed by atoms with E-state index in [4.69, 9.17) is 45.9 Å². The summed E-state index contributed by atoms with van der Waals surface area (Å²) in [6.07, 6.45) is 0. The lowest BCUT2D eigenvalue weighted by Gasteiger charge is -2.18. The number of rotatable bonds is 1. The summed E-state index contributed by atoms with van der Waals surface area (Å²) in [5.41, 5.74) is 5.81. The van der Waals surface area contributed by atoms with E-state index >= 15 is 0 Å². The Hall–Kier alpha value is -0.640. The normalized spacial score (nSPS) is 10.0. The van der Waals surface area contributed by atoms with Crippen molar-refractivity contribution in [2.24, 2.45) is 5.73 Å².